The molecule has 1 N–H and O–H groups in total. The van der Waals surface area contributed by atoms with E-state index in [0.717, 1.165) is 62.0 Å². The number of rotatable bonds is 5. The summed E-state index contributed by atoms with van der Waals surface area (Å²) in [6, 6.07) is 9.66. The van der Waals surface area contributed by atoms with Crippen LogP contribution in [0.4, 0.5) is 0 Å². The SMILES string of the molecule is O=C(NCc1ccccc1)C1CCN(C(=O)[C@@H]2CCCN2C(=O)C23CC4CC(CC(C4)C2)C3)CC1. The highest BCUT2D eigenvalue weighted by molar-refractivity contribution is 5.91. The molecule has 1 aromatic carbocycles. The van der Waals surface area contributed by atoms with E-state index in [1.807, 2.05) is 40.1 Å². The van der Waals surface area contributed by atoms with Gasteiger partial charge in [-0.1, -0.05) is 30.3 Å². The molecule has 188 valence electrons. The van der Waals surface area contributed by atoms with Crippen LogP contribution in [-0.2, 0) is 20.9 Å². The van der Waals surface area contributed by atoms with Crippen molar-refractivity contribution in [1.29, 1.82) is 0 Å². The third kappa shape index (κ3) is 4.38. The van der Waals surface area contributed by atoms with Crippen molar-refractivity contribution < 1.29 is 14.4 Å². The highest BCUT2D eigenvalue weighted by Gasteiger charge is 2.57. The molecule has 4 aliphatic carbocycles. The molecule has 7 rings (SSSR count). The van der Waals surface area contributed by atoms with Crippen LogP contribution in [0.2, 0.25) is 0 Å². The first kappa shape index (κ1) is 23.1. The molecule has 0 aromatic heterocycles. The number of hydrogen-bond donors (Lipinski definition) is 1. The first-order valence-electron chi connectivity index (χ1n) is 13.9. The van der Waals surface area contributed by atoms with Crippen molar-refractivity contribution in [2.24, 2.45) is 29.1 Å². The molecule has 1 aromatic rings. The van der Waals surface area contributed by atoms with Crippen molar-refractivity contribution in [2.45, 2.75) is 76.8 Å². The Bertz CT molecular complexity index is 933. The lowest BCUT2D eigenvalue weighted by molar-refractivity contribution is -0.162. The quantitative estimate of drug-likeness (QED) is 0.702. The third-order valence-corrected chi connectivity index (χ3v) is 9.78. The molecule has 4 saturated carbocycles. The average Bonchev–Trinajstić information content (AvgIpc) is 3.36. The van der Waals surface area contributed by atoms with E-state index in [1.54, 1.807) is 0 Å². The Morgan fingerprint density at radius 1 is 0.857 bits per heavy atom. The highest BCUT2D eigenvalue weighted by Crippen LogP contribution is 2.60. The Morgan fingerprint density at radius 2 is 1.49 bits per heavy atom. The molecule has 0 unspecified atom stereocenters. The lowest BCUT2D eigenvalue weighted by atomic mass is 9.49. The van der Waals surface area contributed by atoms with Crippen molar-refractivity contribution in [1.82, 2.24) is 15.1 Å². The van der Waals surface area contributed by atoms with E-state index >= 15 is 0 Å². The number of carbonyl (C=O) groups is 3. The minimum Gasteiger partial charge on any atom is -0.352 e. The monoisotopic (exact) mass is 477 g/mol. The molecule has 0 radical (unpaired) electrons. The van der Waals surface area contributed by atoms with E-state index in [4.69, 9.17) is 0 Å². The van der Waals surface area contributed by atoms with Gasteiger partial charge in [0.2, 0.25) is 17.7 Å². The summed E-state index contributed by atoms with van der Waals surface area (Å²) in [6.45, 7) is 2.49. The van der Waals surface area contributed by atoms with Gasteiger partial charge in [-0.25, -0.2) is 0 Å². The molecule has 35 heavy (non-hydrogen) atoms. The van der Waals surface area contributed by atoms with Crippen LogP contribution < -0.4 is 5.32 Å². The first-order valence-corrected chi connectivity index (χ1v) is 13.9. The highest BCUT2D eigenvalue weighted by atomic mass is 16.2. The number of carbonyl (C=O) groups excluding carboxylic acids is 3. The van der Waals surface area contributed by atoms with Crippen molar-refractivity contribution in [3.63, 3.8) is 0 Å². The van der Waals surface area contributed by atoms with Gasteiger partial charge in [-0.15, -0.1) is 0 Å². The van der Waals surface area contributed by atoms with Gasteiger partial charge in [-0.2, -0.15) is 0 Å². The fraction of sp³-hybridized carbons (Fsp3) is 0.690. The normalized spacial score (nSPS) is 34.3. The Kier molecular flexibility index (Phi) is 6.10. The molecular weight excluding hydrogens is 438 g/mol. The van der Waals surface area contributed by atoms with Gasteiger partial charge in [0.15, 0.2) is 0 Å². The molecule has 6 nitrogen and oxygen atoms in total. The summed E-state index contributed by atoms with van der Waals surface area (Å²) >= 11 is 0. The Hall–Kier alpha value is -2.37. The number of likely N-dealkylation sites (tertiary alicyclic amines) is 2. The summed E-state index contributed by atoms with van der Waals surface area (Å²) in [5.74, 6) is 2.64. The fourth-order valence-electron chi connectivity index (χ4n) is 8.45. The van der Waals surface area contributed by atoms with Crippen LogP contribution in [-0.4, -0.2) is 53.2 Å². The van der Waals surface area contributed by atoms with Crippen LogP contribution >= 0.6 is 0 Å². The van der Waals surface area contributed by atoms with E-state index in [0.29, 0.717) is 38.4 Å². The summed E-state index contributed by atoms with van der Waals surface area (Å²) in [5.41, 5.74) is 0.917. The lowest BCUT2D eigenvalue weighted by Crippen LogP contribution is -2.58. The second kappa shape index (κ2) is 9.25. The molecule has 6 heteroatoms. The molecule has 4 bridgehead atoms. The maximum Gasteiger partial charge on any atom is 0.245 e. The largest absolute Gasteiger partial charge is 0.352 e. The van der Waals surface area contributed by atoms with E-state index in [-0.39, 0.29) is 29.2 Å². The zero-order valence-electron chi connectivity index (χ0n) is 20.8. The smallest absolute Gasteiger partial charge is 0.245 e. The molecule has 0 spiro atoms. The van der Waals surface area contributed by atoms with E-state index in [2.05, 4.69) is 5.32 Å². The minimum absolute atomic E-state index is 0.0453. The zero-order chi connectivity index (χ0) is 24.0. The number of nitrogens with one attached hydrogen (secondary N) is 1. The number of nitrogens with zero attached hydrogens (tertiary/aromatic N) is 2. The Morgan fingerprint density at radius 3 is 2.11 bits per heavy atom. The summed E-state index contributed by atoms with van der Waals surface area (Å²) in [7, 11) is 0. The number of piperidine rings is 1. The molecule has 6 aliphatic rings. The van der Waals surface area contributed by atoms with Crippen LogP contribution in [0.3, 0.4) is 0 Å². The number of amides is 3. The van der Waals surface area contributed by atoms with Crippen molar-refractivity contribution in [2.75, 3.05) is 19.6 Å². The second-order valence-corrected chi connectivity index (χ2v) is 12.2. The predicted octanol–water partition coefficient (Wildman–Crippen LogP) is 3.75. The van der Waals surface area contributed by atoms with Crippen molar-refractivity contribution in [3.8, 4) is 0 Å². The summed E-state index contributed by atoms with van der Waals surface area (Å²) < 4.78 is 0. The summed E-state index contributed by atoms with van der Waals surface area (Å²) in [6.07, 6.45) is 10.2. The third-order valence-electron chi connectivity index (χ3n) is 9.78. The van der Waals surface area contributed by atoms with Gasteiger partial charge < -0.3 is 15.1 Å². The van der Waals surface area contributed by atoms with Crippen LogP contribution in [0.25, 0.3) is 0 Å². The van der Waals surface area contributed by atoms with Gasteiger partial charge in [-0.3, -0.25) is 14.4 Å². The average molecular weight is 478 g/mol. The van der Waals surface area contributed by atoms with Gasteiger partial charge >= 0.3 is 0 Å². The molecule has 1 atom stereocenters. The summed E-state index contributed by atoms with van der Waals surface area (Å²) in [4.78, 5) is 44.1. The van der Waals surface area contributed by atoms with Gasteiger partial charge in [0, 0.05) is 32.1 Å². The zero-order valence-corrected chi connectivity index (χ0v) is 20.8. The predicted molar refractivity (Wildman–Crippen MR) is 133 cm³/mol. The number of hydrogen-bond acceptors (Lipinski definition) is 3. The standard InChI is InChI=1S/C29H39N3O3/c33-26(30-19-20-5-2-1-3-6-20)24-8-11-31(12-9-24)27(34)25-7-4-10-32(25)28(35)29-16-21-13-22(17-29)15-23(14-21)18-29/h1-3,5-6,21-25H,4,7-19H2,(H,30,33)/t21?,22?,23?,25-,29?/m0/s1. The van der Waals surface area contributed by atoms with Crippen LogP contribution in [0, 0.1) is 29.1 Å². The maximum absolute atomic E-state index is 13.9. The maximum atomic E-state index is 13.9. The Labute approximate surface area is 208 Å². The van der Waals surface area contributed by atoms with Crippen molar-refractivity contribution in [3.05, 3.63) is 35.9 Å². The van der Waals surface area contributed by atoms with Gasteiger partial charge in [-0.05, 0) is 87.5 Å². The van der Waals surface area contributed by atoms with Gasteiger partial charge in [0.25, 0.3) is 0 Å². The topological polar surface area (TPSA) is 69.7 Å². The van der Waals surface area contributed by atoms with Gasteiger partial charge in [0.05, 0.1) is 5.41 Å². The van der Waals surface area contributed by atoms with E-state index < -0.39 is 0 Å². The fourth-order valence-corrected chi connectivity index (χ4v) is 8.45. The van der Waals surface area contributed by atoms with E-state index in [9.17, 15) is 14.4 Å². The lowest BCUT2D eigenvalue weighted by Gasteiger charge is -2.56. The second-order valence-electron chi connectivity index (χ2n) is 12.2. The molecule has 2 heterocycles. The summed E-state index contributed by atoms with van der Waals surface area (Å²) in [5, 5.41) is 3.06. The Balaban J connectivity index is 1.04. The first-order chi connectivity index (χ1) is 17.0. The van der Waals surface area contributed by atoms with E-state index in [1.165, 1.54) is 19.3 Å². The molecule has 2 aliphatic heterocycles. The molecule has 6 fully saturated rings. The van der Waals surface area contributed by atoms with Crippen LogP contribution in [0.1, 0.15) is 69.8 Å². The number of benzene rings is 1. The minimum atomic E-state index is -0.293. The van der Waals surface area contributed by atoms with Crippen LogP contribution in [0.15, 0.2) is 30.3 Å². The molecule has 2 saturated heterocycles. The van der Waals surface area contributed by atoms with Crippen LogP contribution in [0.5, 0.6) is 0 Å². The molecular formula is C29H39N3O3. The van der Waals surface area contributed by atoms with Gasteiger partial charge in [0.1, 0.15) is 6.04 Å². The molecule has 3 amide bonds. The van der Waals surface area contributed by atoms with Crippen molar-refractivity contribution >= 4 is 17.7 Å².